The van der Waals surface area contributed by atoms with Gasteiger partial charge in [-0.3, -0.25) is 0 Å². The Kier molecular flexibility index (Phi) is 39.0. The molecule has 1 saturated heterocycles. The highest BCUT2D eigenvalue weighted by atomic mass is 32.1. The lowest BCUT2D eigenvalue weighted by Crippen LogP contribution is -2.41. The molecule has 14 heteroatoms. The van der Waals surface area contributed by atoms with Crippen LogP contribution < -0.4 is 10.9 Å². The predicted octanol–water partition coefficient (Wildman–Crippen LogP) is 28.0. The Morgan fingerprint density at radius 2 is 0.558 bits per heavy atom. The van der Waals surface area contributed by atoms with Crippen molar-refractivity contribution in [3.05, 3.63) is 46.0 Å². The molecule has 0 unspecified atom stereocenters. The molecule has 3 aromatic carbocycles. The number of unbranched alkanes of at least 4 members (excludes halogenated alkanes) is 52. The maximum Gasteiger partial charge on any atom is 0.497 e. The second-order valence-corrected chi connectivity index (χ2v) is 35.4. The highest BCUT2D eigenvalue weighted by molar-refractivity contribution is 7.00. The third kappa shape index (κ3) is 23.8. The van der Waals surface area contributed by atoms with E-state index in [1.165, 1.54) is 283 Å². The summed E-state index contributed by atoms with van der Waals surface area (Å²) in [5.74, 6) is -0.679. The van der Waals surface area contributed by atoms with Crippen molar-refractivity contribution in [3.63, 3.8) is 0 Å². The zero-order valence-electron chi connectivity index (χ0n) is 67.8. The fourth-order valence-corrected chi connectivity index (χ4v) is 19.8. The molecular formula is C90H148B2F2N4O4S2. The number of fused-ring (bicyclic) bond motifs is 10. The number of nitrogens with zero attached hydrogens (tertiary/aromatic N) is 4. The van der Waals surface area contributed by atoms with Crippen molar-refractivity contribution in [2.75, 3.05) is 0 Å². The van der Waals surface area contributed by atoms with Gasteiger partial charge in [0, 0.05) is 55.1 Å². The minimum Gasteiger partial charge on any atom is -0.423 e. The van der Waals surface area contributed by atoms with Crippen LogP contribution >= 0.6 is 23.5 Å². The van der Waals surface area contributed by atoms with Gasteiger partial charge in [0.15, 0.2) is 0 Å². The molecule has 2 aliphatic carbocycles. The Morgan fingerprint density at radius 1 is 0.327 bits per heavy atom. The second-order valence-electron chi connectivity index (χ2n) is 34.3. The summed E-state index contributed by atoms with van der Waals surface area (Å²) in [5, 5.41) is 22.8. The number of benzene rings is 3. The summed E-state index contributed by atoms with van der Waals surface area (Å²) < 4.78 is 75.1. The molecule has 3 aliphatic rings. The minimum atomic E-state index is -1.84. The van der Waals surface area contributed by atoms with Crippen LogP contribution in [0.25, 0.3) is 44.3 Å². The quantitative estimate of drug-likeness (QED) is 0.0293. The number of halogens is 2. The normalized spacial score (nSPS) is 15.3. The molecule has 8 rings (SSSR count). The van der Waals surface area contributed by atoms with E-state index in [0.717, 1.165) is 117 Å². The molecule has 2 aromatic heterocycles. The molecule has 8 nitrogen and oxygen atoms in total. The average molecular weight is 1470 g/mol. The van der Waals surface area contributed by atoms with Gasteiger partial charge in [-0.1, -0.05) is 399 Å². The lowest BCUT2D eigenvalue weighted by atomic mass is 9.66. The van der Waals surface area contributed by atoms with Gasteiger partial charge in [0.1, 0.15) is 33.7 Å². The Balaban J connectivity index is 1.18. The second kappa shape index (κ2) is 46.7. The minimum absolute atomic E-state index is 0.265. The highest BCUT2D eigenvalue weighted by Crippen LogP contribution is 2.65. The fraction of sp³-hybridized carbons (Fsp3) is 0.800. The first-order chi connectivity index (χ1) is 50.7. The zero-order valence-corrected chi connectivity index (χ0v) is 69.4. The van der Waals surface area contributed by atoms with Gasteiger partial charge in [0.05, 0.1) is 34.7 Å². The summed E-state index contributed by atoms with van der Waals surface area (Å²) in [6.07, 6.45) is 71.9. The summed E-state index contributed by atoms with van der Waals surface area (Å²) in [4.78, 5) is 0. The SMILES string of the molecule is CCCCCCCCCCCCCCCCC1(CCCCCCCCCCCCCCCC)c2cc(B(O)O)c3nsnc3c2-c2c(F)c3c(c(F)c21)-c1c(cc(B2OC(C)(C)C(C)(C)O2)c2nsnc12)C3(CCCCCCCCCCCCCCCC)CCCCCCCCCCCCCCCC. The van der Waals surface area contributed by atoms with Crippen LogP contribution in [0.3, 0.4) is 0 Å². The van der Waals surface area contributed by atoms with Crippen LogP contribution in [0.15, 0.2) is 12.1 Å². The van der Waals surface area contributed by atoms with Gasteiger partial charge in [0.2, 0.25) is 0 Å². The van der Waals surface area contributed by atoms with E-state index in [9.17, 15) is 10.0 Å². The molecular weight excluding hydrogens is 1320 g/mol. The molecule has 0 amide bonds. The van der Waals surface area contributed by atoms with E-state index in [1.807, 2.05) is 6.07 Å². The molecule has 0 spiro atoms. The average Bonchev–Trinajstić information content (AvgIpc) is 1.50. The molecule has 0 bridgehead atoms. The van der Waals surface area contributed by atoms with Crippen LogP contribution in [-0.4, -0.2) is 53.0 Å². The summed E-state index contributed by atoms with van der Waals surface area (Å²) in [5.41, 5.74) is 4.64. The first kappa shape index (κ1) is 86.7. The van der Waals surface area contributed by atoms with E-state index in [0.29, 0.717) is 81.1 Å². The summed E-state index contributed by atoms with van der Waals surface area (Å²) in [6, 6.07) is 4.14. The van der Waals surface area contributed by atoms with Crippen LogP contribution in [0.1, 0.15) is 463 Å². The Hall–Kier alpha value is -2.87. The fourth-order valence-electron chi connectivity index (χ4n) is 18.6. The lowest BCUT2D eigenvalue weighted by molar-refractivity contribution is 0.00578. The molecule has 3 heterocycles. The van der Waals surface area contributed by atoms with Gasteiger partial charge in [-0.2, -0.15) is 17.5 Å². The monoisotopic (exact) mass is 1470 g/mol. The molecule has 584 valence electrons. The van der Waals surface area contributed by atoms with E-state index >= 15 is 8.78 Å². The molecule has 0 atom stereocenters. The van der Waals surface area contributed by atoms with Crippen molar-refractivity contribution in [1.29, 1.82) is 0 Å². The molecule has 2 N–H and O–H groups in total. The van der Waals surface area contributed by atoms with E-state index in [-0.39, 0.29) is 17.1 Å². The summed E-state index contributed by atoms with van der Waals surface area (Å²) >= 11 is 2.16. The summed E-state index contributed by atoms with van der Waals surface area (Å²) in [6.45, 7) is 17.5. The third-order valence-corrected chi connectivity index (χ3v) is 26.7. The molecule has 5 aromatic rings. The van der Waals surface area contributed by atoms with Crippen molar-refractivity contribution in [1.82, 2.24) is 17.5 Å². The Morgan fingerprint density at radius 3 is 0.827 bits per heavy atom. The van der Waals surface area contributed by atoms with Crippen LogP contribution in [0, 0.1) is 11.6 Å². The predicted molar refractivity (Wildman–Crippen MR) is 446 cm³/mol. The topological polar surface area (TPSA) is 110 Å². The van der Waals surface area contributed by atoms with Crippen molar-refractivity contribution in [2.24, 2.45) is 0 Å². The maximum atomic E-state index is 20.5. The van der Waals surface area contributed by atoms with Gasteiger partial charge in [-0.05, 0) is 64.5 Å². The van der Waals surface area contributed by atoms with Crippen LogP contribution in [0.2, 0.25) is 0 Å². The van der Waals surface area contributed by atoms with Gasteiger partial charge in [-0.25, -0.2) is 8.78 Å². The van der Waals surface area contributed by atoms with Gasteiger partial charge in [-0.15, -0.1) is 0 Å². The van der Waals surface area contributed by atoms with E-state index < -0.39 is 36.3 Å². The van der Waals surface area contributed by atoms with E-state index in [1.54, 1.807) is 0 Å². The van der Waals surface area contributed by atoms with Gasteiger partial charge < -0.3 is 19.4 Å². The van der Waals surface area contributed by atoms with E-state index in [2.05, 4.69) is 61.5 Å². The Bertz CT molecular complexity index is 3140. The van der Waals surface area contributed by atoms with Crippen LogP contribution in [-0.2, 0) is 20.1 Å². The lowest BCUT2D eigenvalue weighted by Gasteiger charge is -2.35. The standard InChI is InChI=1S/C90H148B2F2N4O4S2/c1-9-13-17-21-25-29-33-37-41-45-49-53-57-61-65-89(66-62-58-54-50-46-42-38-34-30-26-22-18-14-10-2)71-69-73(91(99)100)83-85(97-103-95-83)75(71)77-79(89)82(94)78-76-72(70-74(84-86(76)98-104-96-84)92-101-87(5,6)88(7,8)102-92)90(80(78)81(77)93,67-63-59-55-51-47-43-39-35-31-27-23-19-15-11-3)68-64-60-56-52-48-44-40-36-32-28-24-20-16-12-4/h69-70,99-100H,9-68H2,1-8H3. The molecule has 0 radical (unpaired) electrons. The summed E-state index contributed by atoms with van der Waals surface area (Å²) in [7, 11) is -2.59. The van der Waals surface area contributed by atoms with Gasteiger partial charge in [0.25, 0.3) is 0 Å². The Labute approximate surface area is 643 Å². The molecule has 1 aliphatic heterocycles. The first-order valence-electron chi connectivity index (χ1n) is 44.6. The van der Waals surface area contributed by atoms with E-state index in [4.69, 9.17) is 26.8 Å². The molecule has 1 fully saturated rings. The van der Waals surface area contributed by atoms with Gasteiger partial charge >= 0.3 is 14.2 Å². The third-order valence-electron chi connectivity index (χ3n) is 25.6. The van der Waals surface area contributed by atoms with Crippen LogP contribution in [0.5, 0.6) is 0 Å². The molecule has 104 heavy (non-hydrogen) atoms. The van der Waals surface area contributed by atoms with Crippen molar-refractivity contribution >= 4 is 70.7 Å². The van der Waals surface area contributed by atoms with Crippen molar-refractivity contribution in [3.8, 4) is 22.3 Å². The zero-order chi connectivity index (χ0) is 73.9. The van der Waals surface area contributed by atoms with Crippen LogP contribution in [0.4, 0.5) is 8.78 Å². The maximum absolute atomic E-state index is 20.5. The smallest absolute Gasteiger partial charge is 0.423 e. The van der Waals surface area contributed by atoms with Crippen molar-refractivity contribution < 1.29 is 28.1 Å². The van der Waals surface area contributed by atoms with Crippen molar-refractivity contribution in [2.45, 2.75) is 463 Å². The largest absolute Gasteiger partial charge is 0.497 e. The first-order valence-corrected chi connectivity index (χ1v) is 46.1. The number of aromatic nitrogens is 4. The number of hydrogen-bond acceptors (Lipinski definition) is 10. The number of rotatable bonds is 62. The number of hydrogen-bond donors (Lipinski definition) is 2. The highest BCUT2D eigenvalue weighted by Gasteiger charge is 2.57. The molecule has 0 saturated carbocycles.